The summed E-state index contributed by atoms with van der Waals surface area (Å²) in [5.74, 6) is 0. The lowest BCUT2D eigenvalue weighted by Gasteiger charge is -2.06. The second-order valence-electron chi connectivity index (χ2n) is 3.04. The Morgan fingerprint density at radius 3 is 1.47 bits per heavy atom. The first-order valence-electron chi connectivity index (χ1n) is 4.51. The van der Waals surface area contributed by atoms with Crippen molar-refractivity contribution < 1.29 is 0 Å². The van der Waals surface area contributed by atoms with E-state index in [-0.39, 0.29) is 0 Å². The minimum Gasteiger partial charge on any atom is -0.142 e. The molecule has 0 N–H and O–H groups in total. The highest BCUT2D eigenvalue weighted by Gasteiger charge is 2.02. The maximum atomic E-state index is 4.42. The highest BCUT2D eigenvalue weighted by molar-refractivity contribution is 8.00. The molecule has 0 unspecified atom stereocenters. The summed E-state index contributed by atoms with van der Waals surface area (Å²) in [6.45, 7) is 0. The summed E-state index contributed by atoms with van der Waals surface area (Å²) in [4.78, 5) is 4.31. The monoisotopic (exact) mass is 250 g/mol. The number of hydrogen-bond acceptors (Lipinski definition) is 3. The zero-order valence-corrected chi connectivity index (χ0v) is 10.5. The van der Waals surface area contributed by atoms with Crippen molar-refractivity contribution in [1.82, 2.24) is 0 Å². The van der Waals surface area contributed by atoms with Crippen LogP contribution in [0.25, 0.3) is 0 Å². The third-order valence-corrected chi connectivity index (χ3v) is 4.18. The van der Waals surface area contributed by atoms with Crippen LogP contribution < -0.4 is 0 Å². The van der Waals surface area contributed by atoms with Crippen molar-refractivity contribution in [3.8, 4) is 0 Å². The molecule has 0 amide bonds. The van der Waals surface area contributed by atoms with Gasteiger partial charge in [0, 0.05) is 19.6 Å². The predicted molar refractivity (Wildman–Crippen MR) is 71.5 cm³/mol. The summed E-state index contributed by atoms with van der Waals surface area (Å²) in [5, 5.41) is 0. The Hall–Kier alpha value is -0.510. The van der Waals surface area contributed by atoms with Crippen LogP contribution in [0, 0.1) is 0 Å². The number of benzene rings is 2. The summed E-state index contributed by atoms with van der Waals surface area (Å²) < 4.78 is 0. The van der Waals surface area contributed by atoms with Crippen LogP contribution in [0.4, 0.5) is 0 Å². The molecule has 0 bridgehead atoms. The molecule has 2 aromatic rings. The van der Waals surface area contributed by atoms with Gasteiger partial charge in [-0.05, 0) is 24.3 Å². The molecule has 0 saturated carbocycles. The quantitative estimate of drug-likeness (QED) is 0.744. The zero-order valence-electron chi connectivity index (χ0n) is 7.92. The van der Waals surface area contributed by atoms with Crippen LogP contribution in [-0.4, -0.2) is 0 Å². The van der Waals surface area contributed by atoms with Gasteiger partial charge < -0.3 is 0 Å². The van der Waals surface area contributed by atoms with E-state index in [9.17, 15) is 0 Å². The van der Waals surface area contributed by atoms with Crippen molar-refractivity contribution in [2.24, 2.45) is 0 Å². The smallest absolute Gasteiger partial charge is 0.0256 e. The van der Waals surface area contributed by atoms with Gasteiger partial charge in [0.15, 0.2) is 0 Å². The van der Waals surface area contributed by atoms with Gasteiger partial charge in [0.2, 0.25) is 0 Å². The Kier molecular flexibility index (Phi) is 3.67. The predicted octanol–water partition coefficient (Wildman–Crippen LogP) is 4.42. The molecule has 0 aliphatic heterocycles. The average molecular weight is 250 g/mol. The van der Waals surface area contributed by atoms with Gasteiger partial charge in [0.05, 0.1) is 0 Å². The fraction of sp³-hybridized carbons (Fsp3) is 0. The second-order valence-corrected chi connectivity index (χ2v) is 5.08. The van der Waals surface area contributed by atoms with Gasteiger partial charge in [0.1, 0.15) is 0 Å². The Bertz CT molecular complexity index is 422. The summed E-state index contributed by atoms with van der Waals surface area (Å²) >= 11 is 10.5. The average Bonchev–Trinajstić information content (AvgIpc) is 2.24. The van der Waals surface area contributed by atoms with E-state index >= 15 is 0 Å². The lowest BCUT2D eigenvalue weighted by atomic mass is 10.4. The van der Waals surface area contributed by atoms with E-state index in [0.29, 0.717) is 0 Å². The van der Waals surface area contributed by atoms with Crippen LogP contribution in [0.2, 0.25) is 0 Å². The Labute approximate surface area is 105 Å². The van der Waals surface area contributed by atoms with E-state index < -0.39 is 0 Å². The standard InChI is InChI=1S/C12H10S3/c13-9-5-1-3-7-11(9)15-12-8-4-2-6-10(12)14/h1-8,13-14H. The minimum absolute atomic E-state index is 0.999. The van der Waals surface area contributed by atoms with Crippen molar-refractivity contribution in [1.29, 1.82) is 0 Å². The second kappa shape index (κ2) is 5.01. The number of thiol groups is 2. The van der Waals surface area contributed by atoms with E-state index in [2.05, 4.69) is 37.4 Å². The molecule has 15 heavy (non-hydrogen) atoms. The minimum atomic E-state index is 0.999. The van der Waals surface area contributed by atoms with E-state index in [1.54, 1.807) is 11.8 Å². The molecule has 3 heteroatoms. The first kappa shape index (κ1) is 11.0. The van der Waals surface area contributed by atoms with Crippen LogP contribution in [0.3, 0.4) is 0 Å². The molecule has 0 radical (unpaired) electrons. The van der Waals surface area contributed by atoms with Gasteiger partial charge in [-0.3, -0.25) is 0 Å². The topological polar surface area (TPSA) is 0 Å². The summed E-state index contributed by atoms with van der Waals surface area (Å²) in [6, 6.07) is 16.1. The Morgan fingerprint density at radius 1 is 0.667 bits per heavy atom. The van der Waals surface area contributed by atoms with Crippen molar-refractivity contribution in [3.63, 3.8) is 0 Å². The first-order valence-corrected chi connectivity index (χ1v) is 6.22. The van der Waals surface area contributed by atoms with E-state index in [0.717, 1.165) is 19.6 Å². The highest BCUT2D eigenvalue weighted by atomic mass is 32.2. The Balaban J connectivity index is 2.30. The molecule has 0 saturated heterocycles. The van der Waals surface area contributed by atoms with Crippen LogP contribution >= 0.6 is 37.0 Å². The fourth-order valence-corrected chi connectivity index (χ4v) is 2.68. The van der Waals surface area contributed by atoms with Crippen LogP contribution in [-0.2, 0) is 0 Å². The molecule has 0 spiro atoms. The van der Waals surface area contributed by atoms with E-state index in [1.165, 1.54) is 0 Å². The van der Waals surface area contributed by atoms with Crippen LogP contribution in [0.15, 0.2) is 68.1 Å². The highest BCUT2D eigenvalue weighted by Crippen LogP contribution is 2.35. The summed E-state index contributed by atoms with van der Waals surface area (Å²) in [7, 11) is 0. The largest absolute Gasteiger partial charge is 0.142 e. The van der Waals surface area contributed by atoms with Crippen LogP contribution in [0.5, 0.6) is 0 Å². The molecule has 0 aliphatic rings. The molecule has 0 atom stereocenters. The zero-order chi connectivity index (χ0) is 10.7. The molecule has 0 nitrogen and oxygen atoms in total. The maximum Gasteiger partial charge on any atom is 0.0256 e. The molecule has 2 aromatic carbocycles. The first-order chi connectivity index (χ1) is 7.27. The third-order valence-electron chi connectivity index (χ3n) is 1.95. The van der Waals surface area contributed by atoms with Crippen molar-refractivity contribution >= 4 is 37.0 Å². The van der Waals surface area contributed by atoms with Crippen molar-refractivity contribution in [2.75, 3.05) is 0 Å². The Morgan fingerprint density at radius 2 is 1.07 bits per heavy atom. The van der Waals surface area contributed by atoms with Gasteiger partial charge >= 0.3 is 0 Å². The molecule has 0 fully saturated rings. The molecular weight excluding hydrogens is 240 g/mol. The lowest BCUT2D eigenvalue weighted by molar-refractivity contribution is 1.21. The molecule has 0 heterocycles. The molecule has 2 rings (SSSR count). The van der Waals surface area contributed by atoms with Gasteiger partial charge in [-0.15, -0.1) is 25.3 Å². The SMILES string of the molecule is Sc1ccccc1Sc1ccccc1S. The number of hydrogen-bond donors (Lipinski definition) is 2. The summed E-state index contributed by atoms with van der Waals surface area (Å²) in [5.41, 5.74) is 0. The van der Waals surface area contributed by atoms with Gasteiger partial charge in [0.25, 0.3) is 0 Å². The maximum absolute atomic E-state index is 4.42. The normalized spacial score (nSPS) is 10.3. The van der Waals surface area contributed by atoms with Gasteiger partial charge in [-0.2, -0.15) is 0 Å². The third kappa shape index (κ3) is 2.74. The van der Waals surface area contributed by atoms with Crippen LogP contribution in [0.1, 0.15) is 0 Å². The molecule has 76 valence electrons. The molecule has 0 aromatic heterocycles. The molecular formula is C12H10S3. The van der Waals surface area contributed by atoms with Crippen molar-refractivity contribution in [2.45, 2.75) is 19.6 Å². The van der Waals surface area contributed by atoms with E-state index in [4.69, 9.17) is 0 Å². The molecule has 0 aliphatic carbocycles. The van der Waals surface area contributed by atoms with Gasteiger partial charge in [-0.25, -0.2) is 0 Å². The number of rotatable bonds is 2. The van der Waals surface area contributed by atoms with E-state index in [1.807, 2.05) is 36.4 Å². The fourth-order valence-electron chi connectivity index (χ4n) is 1.21. The lowest BCUT2D eigenvalue weighted by Crippen LogP contribution is -1.77. The van der Waals surface area contributed by atoms with Gasteiger partial charge in [-0.1, -0.05) is 36.0 Å². The summed E-state index contributed by atoms with van der Waals surface area (Å²) in [6.07, 6.45) is 0. The van der Waals surface area contributed by atoms with Crippen molar-refractivity contribution in [3.05, 3.63) is 48.5 Å².